The number of aromatic amines is 1. The summed E-state index contributed by atoms with van der Waals surface area (Å²) in [7, 11) is 0. The van der Waals surface area contributed by atoms with E-state index < -0.39 is 0 Å². The normalized spacial score (nSPS) is 11.8. The van der Waals surface area contributed by atoms with Crippen molar-refractivity contribution in [1.29, 1.82) is 0 Å². The summed E-state index contributed by atoms with van der Waals surface area (Å²) in [6.07, 6.45) is 0.137. The van der Waals surface area contributed by atoms with Crippen LogP contribution in [0, 0.1) is 0 Å². The van der Waals surface area contributed by atoms with Crippen LogP contribution in [0.5, 0.6) is 0 Å². The summed E-state index contributed by atoms with van der Waals surface area (Å²) in [5.41, 5.74) is 4.29. The summed E-state index contributed by atoms with van der Waals surface area (Å²) < 4.78 is 0. The maximum Gasteiger partial charge on any atom is 0.226 e. The highest BCUT2D eigenvalue weighted by Gasteiger charge is 2.17. The number of carbonyl (C=O) groups excluding carboxylic acids is 2. The number of fused-ring (bicyclic) bond motifs is 1. The number of carbonyl (C=O) groups is 2. The molecular weight excluding hydrogens is 376 g/mol. The Bertz CT molecular complexity index is 1150. The van der Waals surface area contributed by atoms with Gasteiger partial charge in [0.1, 0.15) is 5.82 Å². The van der Waals surface area contributed by atoms with Gasteiger partial charge in [-0.2, -0.15) is 0 Å². The number of rotatable bonds is 6. The van der Waals surface area contributed by atoms with Crippen molar-refractivity contribution in [3.05, 3.63) is 84.4 Å². The molecule has 6 nitrogen and oxygen atoms in total. The van der Waals surface area contributed by atoms with Crippen molar-refractivity contribution < 1.29 is 9.59 Å². The first-order valence-corrected chi connectivity index (χ1v) is 9.75. The average Bonchev–Trinajstić information content (AvgIpc) is 3.18. The van der Waals surface area contributed by atoms with E-state index in [0.717, 1.165) is 28.0 Å². The van der Waals surface area contributed by atoms with Gasteiger partial charge in [0.15, 0.2) is 0 Å². The largest absolute Gasteiger partial charge is 0.349 e. The van der Waals surface area contributed by atoms with Crippen LogP contribution in [-0.2, 0) is 9.59 Å². The molecule has 1 atom stereocenters. The molecule has 4 aromatic rings. The SMILES string of the molecule is CC(=O)NC(CC(=O)Nc1cccc(-c2nc3ccccc3[nH]2)c1)c1ccccc1. The van der Waals surface area contributed by atoms with Crippen molar-refractivity contribution in [3.63, 3.8) is 0 Å². The lowest BCUT2D eigenvalue weighted by atomic mass is 10.0. The van der Waals surface area contributed by atoms with Crippen molar-refractivity contribution in [3.8, 4) is 11.4 Å². The fourth-order valence-corrected chi connectivity index (χ4v) is 3.41. The molecule has 3 aromatic carbocycles. The number of imidazole rings is 1. The second kappa shape index (κ2) is 8.61. The van der Waals surface area contributed by atoms with Gasteiger partial charge in [-0.15, -0.1) is 0 Å². The van der Waals surface area contributed by atoms with E-state index in [2.05, 4.69) is 20.6 Å². The van der Waals surface area contributed by atoms with Crippen LogP contribution >= 0.6 is 0 Å². The molecule has 0 aliphatic carbocycles. The molecule has 0 saturated heterocycles. The van der Waals surface area contributed by atoms with E-state index in [1.54, 1.807) is 0 Å². The Kier molecular flexibility index (Phi) is 5.57. The van der Waals surface area contributed by atoms with E-state index in [9.17, 15) is 9.59 Å². The van der Waals surface area contributed by atoms with Crippen molar-refractivity contribution >= 4 is 28.5 Å². The first-order valence-electron chi connectivity index (χ1n) is 9.75. The number of para-hydroxylation sites is 2. The van der Waals surface area contributed by atoms with Crippen molar-refractivity contribution in [2.24, 2.45) is 0 Å². The third-order valence-electron chi connectivity index (χ3n) is 4.78. The van der Waals surface area contributed by atoms with Gasteiger partial charge in [-0.25, -0.2) is 4.98 Å². The second-order valence-electron chi connectivity index (χ2n) is 7.10. The van der Waals surface area contributed by atoms with E-state index in [1.807, 2.05) is 78.9 Å². The molecule has 30 heavy (non-hydrogen) atoms. The van der Waals surface area contributed by atoms with Gasteiger partial charge in [-0.1, -0.05) is 54.6 Å². The van der Waals surface area contributed by atoms with Crippen LogP contribution in [0.25, 0.3) is 22.4 Å². The number of nitrogens with zero attached hydrogens (tertiary/aromatic N) is 1. The molecule has 0 radical (unpaired) electrons. The number of anilines is 1. The van der Waals surface area contributed by atoms with Gasteiger partial charge in [-0.3, -0.25) is 9.59 Å². The van der Waals surface area contributed by atoms with E-state index in [4.69, 9.17) is 0 Å². The molecule has 1 unspecified atom stereocenters. The third kappa shape index (κ3) is 4.55. The Hall–Kier alpha value is -3.93. The van der Waals surface area contributed by atoms with E-state index in [1.165, 1.54) is 6.92 Å². The standard InChI is InChI=1S/C24H22N4O2/c1-16(29)25-22(17-8-3-2-4-9-17)15-23(30)26-19-11-7-10-18(14-19)24-27-20-12-5-6-13-21(20)28-24/h2-14,22H,15H2,1H3,(H,25,29)(H,26,30)(H,27,28). The Morgan fingerprint density at radius 3 is 2.50 bits per heavy atom. The maximum atomic E-state index is 12.7. The smallest absolute Gasteiger partial charge is 0.226 e. The lowest BCUT2D eigenvalue weighted by Gasteiger charge is -2.18. The zero-order chi connectivity index (χ0) is 20.9. The Labute approximate surface area is 174 Å². The Balaban J connectivity index is 1.50. The van der Waals surface area contributed by atoms with Crippen LogP contribution in [0.2, 0.25) is 0 Å². The van der Waals surface area contributed by atoms with Gasteiger partial charge < -0.3 is 15.6 Å². The maximum absolute atomic E-state index is 12.7. The molecule has 150 valence electrons. The van der Waals surface area contributed by atoms with E-state index >= 15 is 0 Å². The lowest BCUT2D eigenvalue weighted by molar-refractivity contribution is -0.120. The van der Waals surface area contributed by atoms with Crippen LogP contribution in [0.15, 0.2) is 78.9 Å². The monoisotopic (exact) mass is 398 g/mol. The number of hydrogen-bond donors (Lipinski definition) is 3. The predicted octanol–water partition coefficient (Wildman–Crippen LogP) is 4.44. The van der Waals surface area contributed by atoms with Crippen LogP contribution in [0.3, 0.4) is 0 Å². The molecule has 0 fully saturated rings. The highest BCUT2D eigenvalue weighted by molar-refractivity contribution is 5.92. The Morgan fingerprint density at radius 2 is 1.73 bits per heavy atom. The van der Waals surface area contributed by atoms with Gasteiger partial charge in [0, 0.05) is 18.2 Å². The summed E-state index contributed by atoms with van der Waals surface area (Å²) in [5, 5.41) is 5.78. The number of benzene rings is 3. The summed E-state index contributed by atoms with van der Waals surface area (Å²) in [6, 6.07) is 24.4. The Morgan fingerprint density at radius 1 is 0.967 bits per heavy atom. The van der Waals surface area contributed by atoms with Gasteiger partial charge in [-0.05, 0) is 29.8 Å². The first-order chi connectivity index (χ1) is 14.6. The molecule has 0 saturated carbocycles. The minimum atomic E-state index is -0.387. The average molecular weight is 398 g/mol. The van der Waals surface area contributed by atoms with Gasteiger partial charge >= 0.3 is 0 Å². The summed E-state index contributed by atoms with van der Waals surface area (Å²) in [6.45, 7) is 1.45. The van der Waals surface area contributed by atoms with Crippen molar-refractivity contribution in [1.82, 2.24) is 15.3 Å². The molecule has 0 spiro atoms. The molecule has 1 heterocycles. The minimum Gasteiger partial charge on any atom is -0.349 e. The fourth-order valence-electron chi connectivity index (χ4n) is 3.41. The lowest BCUT2D eigenvalue weighted by Crippen LogP contribution is -2.29. The van der Waals surface area contributed by atoms with Crippen LogP contribution in [-0.4, -0.2) is 21.8 Å². The molecule has 6 heteroatoms. The molecule has 1 aromatic heterocycles. The van der Waals surface area contributed by atoms with E-state index in [0.29, 0.717) is 5.69 Å². The molecule has 0 aliphatic heterocycles. The van der Waals surface area contributed by atoms with Crippen molar-refractivity contribution in [2.75, 3.05) is 5.32 Å². The molecular formula is C24H22N4O2. The summed E-state index contributed by atoms with van der Waals surface area (Å²) in [5.74, 6) is 0.385. The number of hydrogen-bond acceptors (Lipinski definition) is 3. The molecule has 3 N–H and O–H groups in total. The van der Waals surface area contributed by atoms with Crippen LogP contribution < -0.4 is 10.6 Å². The second-order valence-corrected chi connectivity index (χ2v) is 7.10. The molecule has 0 aliphatic rings. The van der Waals surface area contributed by atoms with Gasteiger partial charge in [0.05, 0.1) is 23.5 Å². The predicted molar refractivity (Wildman–Crippen MR) is 118 cm³/mol. The summed E-state index contributed by atoms with van der Waals surface area (Å²) in [4.78, 5) is 32.2. The molecule has 0 bridgehead atoms. The van der Waals surface area contributed by atoms with Gasteiger partial charge in [0.2, 0.25) is 11.8 Å². The minimum absolute atomic E-state index is 0.137. The summed E-state index contributed by atoms with van der Waals surface area (Å²) >= 11 is 0. The third-order valence-corrected chi connectivity index (χ3v) is 4.78. The quantitative estimate of drug-likeness (QED) is 0.449. The number of aromatic nitrogens is 2. The fraction of sp³-hybridized carbons (Fsp3) is 0.125. The first kappa shape index (κ1) is 19.4. The van der Waals surface area contributed by atoms with E-state index in [-0.39, 0.29) is 24.3 Å². The molecule has 4 rings (SSSR count). The van der Waals surface area contributed by atoms with Crippen LogP contribution in [0.1, 0.15) is 24.9 Å². The van der Waals surface area contributed by atoms with Crippen molar-refractivity contribution in [2.45, 2.75) is 19.4 Å². The topological polar surface area (TPSA) is 86.9 Å². The number of nitrogens with one attached hydrogen (secondary N) is 3. The number of H-pyrrole nitrogens is 1. The van der Waals surface area contributed by atoms with Gasteiger partial charge in [0.25, 0.3) is 0 Å². The zero-order valence-electron chi connectivity index (χ0n) is 16.6. The van der Waals surface area contributed by atoms with Crippen LogP contribution in [0.4, 0.5) is 5.69 Å². The number of amides is 2. The highest BCUT2D eigenvalue weighted by atomic mass is 16.2. The molecule has 2 amide bonds. The highest BCUT2D eigenvalue weighted by Crippen LogP contribution is 2.24. The zero-order valence-corrected chi connectivity index (χ0v) is 16.6.